The highest BCUT2D eigenvalue weighted by Crippen LogP contribution is 2.29. The van der Waals surface area contributed by atoms with E-state index in [1.54, 1.807) is 0 Å². The number of rotatable bonds is 3. The smallest absolute Gasteiger partial charge is 0.242 e. The van der Waals surface area contributed by atoms with Gasteiger partial charge in [-0.05, 0) is 38.1 Å². The second kappa shape index (κ2) is 5.57. The predicted molar refractivity (Wildman–Crippen MR) is 71.2 cm³/mol. The molecule has 0 aromatic heterocycles. The fourth-order valence-electron chi connectivity index (χ4n) is 3.36. The number of nitrogens with one attached hydrogen (secondary N) is 1. The maximum atomic E-state index is 12.7. The lowest BCUT2D eigenvalue weighted by Crippen LogP contribution is -2.58. The van der Waals surface area contributed by atoms with Crippen molar-refractivity contribution < 1.29 is 9.90 Å². The summed E-state index contributed by atoms with van der Waals surface area (Å²) in [4.78, 5) is 14.7. The number of carbonyl (C=O) groups is 1. The number of carbonyl (C=O) groups excluding carboxylic acids is 1. The Morgan fingerprint density at radius 3 is 2.89 bits per heavy atom. The van der Waals surface area contributed by atoms with Crippen LogP contribution >= 0.6 is 0 Å². The molecule has 104 valence electrons. The Kier molecular flexibility index (Phi) is 4.28. The lowest BCUT2D eigenvalue weighted by Gasteiger charge is -2.40. The highest BCUT2D eigenvalue weighted by molar-refractivity contribution is 5.87. The van der Waals surface area contributed by atoms with Gasteiger partial charge in [-0.3, -0.25) is 4.79 Å². The summed E-state index contributed by atoms with van der Waals surface area (Å²) in [5.74, 6) is 0.461. The summed E-state index contributed by atoms with van der Waals surface area (Å²) in [6.07, 6.45) is 4.50. The summed E-state index contributed by atoms with van der Waals surface area (Å²) in [5.41, 5.74) is -0.309. The second-order valence-corrected chi connectivity index (χ2v) is 5.95. The SMILES string of the molecule is CCCC1(C(=O)N2CCC(O)C(C)C2)CCCN1. The number of piperidine rings is 1. The number of nitrogens with zero attached hydrogens (tertiary/aromatic N) is 1. The molecular weight excluding hydrogens is 228 g/mol. The quantitative estimate of drug-likeness (QED) is 0.794. The molecule has 0 aliphatic carbocycles. The molecule has 3 unspecified atom stereocenters. The number of hydrogen-bond donors (Lipinski definition) is 2. The minimum absolute atomic E-state index is 0.197. The summed E-state index contributed by atoms with van der Waals surface area (Å²) in [6, 6.07) is 0. The summed E-state index contributed by atoms with van der Waals surface area (Å²) in [6.45, 7) is 6.53. The molecule has 2 saturated heterocycles. The number of amides is 1. The molecule has 0 aromatic carbocycles. The molecule has 3 atom stereocenters. The van der Waals surface area contributed by atoms with Gasteiger partial charge >= 0.3 is 0 Å². The van der Waals surface area contributed by atoms with E-state index in [-0.39, 0.29) is 23.5 Å². The monoisotopic (exact) mass is 254 g/mol. The van der Waals surface area contributed by atoms with E-state index in [4.69, 9.17) is 0 Å². The van der Waals surface area contributed by atoms with Gasteiger partial charge < -0.3 is 15.3 Å². The Labute approximate surface area is 110 Å². The topological polar surface area (TPSA) is 52.6 Å². The van der Waals surface area contributed by atoms with Crippen LogP contribution in [0.2, 0.25) is 0 Å². The standard InChI is InChI=1S/C14H26N2O2/c1-3-6-14(7-4-8-15-14)13(18)16-9-5-12(17)11(2)10-16/h11-12,15,17H,3-10H2,1-2H3. The molecule has 2 aliphatic heterocycles. The molecule has 18 heavy (non-hydrogen) atoms. The van der Waals surface area contributed by atoms with E-state index < -0.39 is 0 Å². The average molecular weight is 254 g/mol. The maximum absolute atomic E-state index is 12.7. The molecule has 2 N–H and O–H groups in total. The van der Waals surface area contributed by atoms with E-state index in [9.17, 15) is 9.90 Å². The summed E-state index contributed by atoms with van der Waals surface area (Å²) in [5, 5.41) is 13.2. The molecule has 1 amide bonds. The molecule has 4 heteroatoms. The van der Waals surface area contributed by atoms with Gasteiger partial charge in [0.1, 0.15) is 0 Å². The van der Waals surface area contributed by atoms with Crippen LogP contribution in [-0.4, -0.2) is 47.2 Å². The van der Waals surface area contributed by atoms with E-state index in [2.05, 4.69) is 12.2 Å². The first-order valence-electron chi connectivity index (χ1n) is 7.31. The first kappa shape index (κ1) is 13.8. The Morgan fingerprint density at radius 2 is 2.33 bits per heavy atom. The van der Waals surface area contributed by atoms with Gasteiger partial charge in [0.2, 0.25) is 5.91 Å². The predicted octanol–water partition coefficient (Wildman–Crippen LogP) is 1.14. The lowest BCUT2D eigenvalue weighted by molar-refractivity contribution is -0.141. The van der Waals surface area contributed by atoms with Gasteiger partial charge in [0.05, 0.1) is 11.6 Å². The molecule has 4 nitrogen and oxygen atoms in total. The van der Waals surface area contributed by atoms with Crippen LogP contribution in [0.4, 0.5) is 0 Å². The highest BCUT2D eigenvalue weighted by Gasteiger charge is 2.43. The van der Waals surface area contributed by atoms with Crippen molar-refractivity contribution >= 4 is 5.91 Å². The fraction of sp³-hybridized carbons (Fsp3) is 0.929. The Bertz CT molecular complexity index is 300. The third-order valence-electron chi connectivity index (χ3n) is 4.48. The van der Waals surface area contributed by atoms with Crippen LogP contribution < -0.4 is 5.32 Å². The molecule has 0 aromatic rings. The number of aliphatic hydroxyl groups excluding tert-OH is 1. The third kappa shape index (κ3) is 2.54. The average Bonchev–Trinajstić information content (AvgIpc) is 2.82. The van der Waals surface area contributed by atoms with Crippen molar-refractivity contribution in [1.82, 2.24) is 10.2 Å². The van der Waals surface area contributed by atoms with Gasteiger partial charge in [0.15, 0.2) is 0 Å². The van der Waals surface area contributed by atoms with Gasteiger partial charge in [-0.1, -0.05) is 20.3 Å². The van der Waals surface area contributed by atoms with Gasteiger partial charge in [-0.2, -0.15) is 0 Å². The van der Waals surface area contributed by atoms with Crippen LogP contribution in [0, 0.1) is 5.92 Å². The zero-order chi connectivity index (χ0) is 13.2. The number of aliphatic hydroxyl groups is 1. The first-order chi connectivity index (χ1) is 8.59. The van der Waals surface area contributed by atoms with Gasteiger partial charge in [0.25, 0.3) is 0 Å². The molecular formula is C14H26N2O2. The Morgan fingerprint density at radius 1 is 1.56 bits per heavy atom. The van der Waals surface area contributed by atoms with Crippen molar-refractivity contribution in [3.63, 3.8) is 0 Å². The van der Waals surface area contributed by atoms with E-state index in [1.165, 1.54) is 0 Å². The second-order valence-electron chi connectivity index (χ2n) is 5.95. The van der Waals surface area contributed by atoms with Crippen LogP contribution in [-0.2, 0) is 4.79 Å². The number of hydrogen-bond acceptors (Lipinski definition) is 3. The Balaban J connectivity index is 2.05. The van der Waals surface area contributed by atoms with Crippen molar-refractivity contribution in [1.29, 1.82) is 0 Å². The number of likely N-dealkylation sites (tertiary alicyclic amines) is 1. The van der Waals surface area contributed by atoms with Crippen LogP contribution in [0.5, 0.6) is 0 Å². The minimum Gasteiger partial charge on any atom is -0.393 e. The zero-order valence-corrected chi connectivity index (χ0v) is 11.6. The van der Waals surface area contributed by atoms with Crippen molar-refractivity contribution in [2.75, 3.05) is 19.6 Å². The summed E-state index contributed by atoms with van der Waals surface area (Å²) >= 11 is 0. The van der Waals surface area contributed by atoms with Crippen LogP contribution in [0.15, 0.2) is 0 Å². The summed E-state index contributed by atoms with van der Waals surface area (Å²) in [7, 11) is 0. The van der Waals surface area contributed by atoms with E-state index in [1.807, 2.05) is 11.8 Å². The van der Waals surface area contributed by atoms with Crippen LogP contribution in [0.3, 0.4) is 0 Å². The van der Waals surface area contributed by atoms with Crippen molar-refractivity contribution in [3.8, 4) is 0 Å². The molecule has 2 heterocycles. The van der Waals surface area contributed by atoms with Crippen LogP contribution in [0.25, 0.3) is 0 Å². The van der Waals surface area contributed by atoms with E-state index in [0.29, 0.717) is 13.1 Å². The normalized spacial score (nSPS) is 36.9. The molecule has 2 aliphatic rings. The molecule has 0 saturated carbocycles. The van der Waals surface area contributed by atoms with Crippen molar-refractivity contribution in [2.45, 2.75) is 57.6 Å². The molecule has 0 radical (unpaired) electrons. The fourth-order valence-corrected chi connectivity index (χ4v) is 3.36. The van der Waals surface area contributed by atoms with Crippen molar-refractivity contribution in [3.05, 3.63) is 0 Å². The van der Waals surface area contributed by atoms with Gasteiger partial charge in [-0.15, -0.1) is 0 Å². The van der Waals surface area contributed by atoms with E-state index >= 15 is 0 Å². The largest absolute Gasteiger partial charge is 0.393 e. The maximum Gasteiger partial charge on any atom is 0.242 e. The minimum atomic E-state index is -0.309. The molecule has 2 rings (SSSR count). The summed E-state index contributed by atoms with van der Waals surface area (Å²) < 4.78 is 0. The van der Waals surface area contributed by atoms with Gasteiger partial charge in [-0.25, -0.2) is 0 Å². The molecule has 0 spiro atoms. The lowest BCUT2D eigenvalue weighted by atomic mass is 9.88. The zero-order valence-electron chi connectivity index (χ0n) is 11.6. The van der Waals surface area contributed by atoms with Gasteiger partial charge in [0, 0.05) is 13.1 Å². The molecule has 0 bridgehead atoms. The van der Waals surface area contributed by atoms with E-state index in [0.717, 1.165) is 38.6 Å². The Hall–Kier alpha value is -0.610. The molecule has 2 fully saturated rings. The first-order valence-corrected chi connectivity index (χ1v) is 7.31. The van der Waals surface area contributed by atoms with Crippen molar-refractivity contribution in [2.24, 2.45) is 5.92 Å². The third-order valence-corrected chi connectivity index (χ3v) is 4.48. The highest BCUT2D eigenvalue weighted by atomic mass is 16.3. The van der Waals surface area contributed by atoms with Crippen LogP contribution in [0.1, 0.15) is 46.0 Å².